The van der Waals surface area contributed by atoms with Crippen molar-refractivity contribution in [3.8, 4) is 0 Å². The number of hydrogen-bond donors (Lipinski definition) is 0. The van der Waals surface area contributed by atoms with Gasteiger partial charge in [0.15, 0.2) is 5.78 Å². The lowest BCUT2D eigenvalue weighted by molar-refractivity contribution is 0.0642. The summed E-state index contributed by atoms with van der Waals surface area (Å²) in [6.07, 6.45) is 3.35. The Balaban J connectivity index is 1.62. The third-order valence-corrected chi connectivity index (χ3v) is 4.37. The molecule has 2 heterocycles. The highest BCUT2D eigenvalue weighted by atomic mass is 16.2. The second kappa shape index (κ2) is 6.18. The molecular formula is C18H20N2O2. The van der Waals surface area contributed by atoms with E-state index in [2.05, 4.69) is 0 Å². The molecule has 1 aliphatic heterocycles. The smallest absolute Gasteiger partial charge is 0.270 e. The van der Waals surface area contributed by atoms with Gasteiger partial charge >= 0.3 is 0 Å². The lowest BCUT2D eigenvalue weighted by Gasteiger charge is -2.31. The summed E-state index contributed by atoms with van der Waals surface area (Å²) in [4.78, 5) is 26.8. The summed E-state index contributed by atoms with van der Waals surface area (Å²) in [6.45, 7) is 1.29. The highest BCUT2D eigenvalue weighted by Crippen LogP contribution is 2.23. The van der Waals surface area contributed by atoms with E-state index in [1.807, 2.05) is 65.2 Å². The molecule has 1 aliphatic rings. The number of aryl methyl sites for hydroxylation is 1. The molecule has 1 fully saturated rings. The maximum absolute atomic E-state index is 12.5. The lowest BCUT2D eigenvalue weighted by Crippen LogP contribution is -2.40. The van der Waals surface area contributed by atoms with Crippen molar-refractivity contribution in [3.63, 3.8) is 0 Å². The fourth-order valence-corrected chi connectivity index (χ4v) is 3.03. The number of carbonyl (C=O) groups excluding carboxylic acids is 2. The molecule has 22 heavy (non-hydrogen) atoms. The van der Waals surface area contributed by atoms with E-state index in [0.717, 1.165) is 18.4 Å². The first-order valence-corrected chi connectivity index (χ1v) is 7.66. The number of amides is 1. The monoisotopic (exact) mass is 296 g/mol. The van der Waals surface area contributed by atoms with Gasteiger partial charge in [-0.05, 0) is 25.0 Å². The summed E-state index contributed by atoms with van der Waals surface area (Å²) in [5, 5.41) is 0. The molecule has 0 radical (unpaired) electrons. The number of aromatic nitrogens is 1. The van der Waals surface area contributed by atoms with E-state index in [0.29, 0.717) is 18.8 Å². The number of hydrogen-bond acceptors (Lipinski definition) is 2. The number of piperidine rings is 1. The quantitative estimate of drug-likeness (QED) is 0.817. The van der Waals surface area contributed by atoms with Gasteiger partial charge in [-0.15, -0.1) is 0 Å². The highest BCUT2D eigenvalue weighted by molar-refractivity contribution is 5.98. The zero-order valence-electron chi connectivity index (χ0n) is 12.7. The van der Waals surface area contributed by atoms with Crippen molar-refractivity contribution in [2.45, 2.75) is 12.8 Å². The topological polar surface area (TPSA) is 42.3 Å². The Bertz CT molecular complexity index is 667. The molecular weight excluding hydrogens is 276 g/mol. The molecule has 0 atom stereocenters. The van der Waals surface area contributed by atoms with Gasteiger partial charge in [-0.25, -0.2) is 0 Å². The number of ketones is 1. The predicted molar refractivity (Wildman–Crippen MR) is 84.8 cm³/mol. The van der Waals surface area contributed by atoms with E-state index in [4.69, 9.17) is 0 Å². The summed E-state index contributed by atoms with van der Waals surface area (Å²) in [5.74, 6) is 0.282. The van der Waals surface area contributed by atoms with Crippen LogP contribution in [0.15, 0.2) is 48.7 Å². The Hall–Kier alpha value is -2.36. The van der Waals surface area contributed by atoms with Gasteiger partial charge in [-0.3, -0.25) is 9.59 Å². The molecule has 2 aromatic rings. The van der Waals surface area contributed by atoms with E-state index < -0.39 is 0 Å². The van der Waals surface area contributed by atoms with Gasteiger partial charge < -0.3 is 9.47 Å². The van der Waals surface area contributed by atoms with Gasteiger partial charge in [-0.2, -0.15) is 0 Å². The average molecular weight is 296 g/mol. The molecule has 0 aliphatic carbocycles. The number of likely N-dealkylation sites (tertiary alicyclic amines) is 1. The van der Waals surface area contributed by atoms with Crippen LogP contribution in [0, 0.1) is 5.92 Å². The van der Waals surface area contributed by atoms with E-state index in [9.17, 15) is 9.59 Å². The molecule has 1 aromatic carbocycles. The number of benzene rings is 1. The molecule has 0 saturated carbocycles. The molecule has 3 rings (SSSR count). The Morgan fingerprint density at radius 1 is 1.00 bits per heavy atom. The first-order valence-electron chi connectivity index (χ1n) is 7.66. The first kappa shape index (κ1) is 14.6. The molecule has 0 bridgehead atoms. The lowest BCUT2D eigenvalue weighted by atomic mass is 9.89. The summed E-state index contributed by atoms with van der Waals surface area (Å²) >= 11 is 0. The SMILES string of the molecule is Cn1cccc1C(=O)N1CCC(C(=O)c2ccccc2)CC1. The summed E-state index contributed by atoms with van der Waals surface area (Å²) in [7, 11) is 1.87. The minimum atomic E-state index is 0.0277. The van der Waals surface area contributed by atoms with Gasteiger partial charge in [-0.1, -0.05) is 30.3 Å². The van der Waals surface area contributed by atoms with E-state index >= 15 is 0 Å². The van der Waals surface area contributed by atoms with Gasteiger partial charge in [0.1, 0.15) is 5.69 Å². The van der Waals surface area contributed by atoms with Crippen LogP contribution >= 0.6 is 0 Å². The predicted octanol–water partition coefficient (Wildman–Crippen LogP) is 2.76. The molecule has 0 spiro atoms. The molecule has 4 heteroatoms. The van der Waals surface area contributed by atoms with Crippen LogP contribution in [0.1, 0.15) is 33.7 Å². The molecule has 1 saturated heterocycles. The average Bonchev–Trinajstić information content (AvgIpc) is 3.00. The number of nitrogens with zero attached hydrogens (tertiary/aromatic N) is 2. The molecule has 114 valence electrons. The fraction of sp³-hybridized carbons (Fsp3) is 0.333. The number of carbonyl (C=O) groups is 2. The van der Waals surface area contributed by atoms with Crippen molar-refractivity contribution in [2.24, 2.45) is 13.0 Å². The molecule has 1 amide bonds. The van der Waals surface area contributed by atoms with Crippen LogP contribution in [0.2, 0.25) is 0 Å². The summed E-state index contributed by atoms with van der Waals surface area (Å²) in [5.41, 5.74) is 1.47. The second-order valence-electron chi connectivity index (χ2n) is 5.80. The largest absolute Gasteiger partial charge is 0.347 e. The van der Waals surface area contributed by atoms with Crippen molar-refractivity contribution in [1.29, 1.82) is 0 Å². The Morgan fingerprint density at radius 2 is 1.68 bits per heavy atom. The number of Topliss-reactive ketones (excluding diaryl/α,β-unsaturated/α-hetero) is 1. The van der Waals surface area contributed by atoms with Crippen LogP contribution in [0.3, 0.4) is 0 Å². The van der Waals surface area contributed by atoms with Crippen LogP contribution in [0.5, 0.6) is 0 Å². The van der Waals surface area contributed by atoms with Crippen LogP contribution in [-0.4, -0.2) is 34.2 Å². The maximum Gasteiger partial charge on any atom is 0.270 e. The molecule has 4 nitrogen and oxygen atoms in total. The van der Waals surface area contributed by atoms with Crippen LogP contribution in [-0.2, 0) is 7.05 Å². The minimum absolute atomic E-state index is 0.0277. The van der Waals surface area contributed by atoms with Crippen molar-refractivity contribution < 1.29 is 9.59 Å². The first-order chi connectivity index (χ1) is 10.7. The van der Waals surface area contributed by atoms with Crippen LogP contribution in [0.4, 0.5) is 0 Å². The van der Waals surface area contributed by atoms with Gasteiger partial charge in [0, 0.05) is 37.8 Å². The van der Waals surface area contributed by atoms with Gasteiger partial charge in [0.2, 0.25) is 0 Å². The van der Waals surface area contributed by atoms with E-state index in [1.165, 1.54) is 0 Å². The highest BCUT2D eigenvalue weighted by Gasteiger charge is 2.28. The second-order valence-corrected chi connectivity index (χ2v) is 5.80. The Kier molecular flexibility index (Phi) is 4.09. The standard InChI is InChI=1S/C18H20N2O2/c1-19-11-5-8-16(19)18(22)20-12-9-15(10-13-20)17(21)14-6-3-2-4-7-14/h2-8,11,15H,9-10,12-13H2,1H3. The summed E-state index contributed by atoms with van der Waals surface area (Å²) in [6, 6.07) is 13.1. The van der Waals surface area contributed by atoms with Crippen molar-refractivity contribution >= 4 is 11.7 Å². The maximum atomic E-state index is 12.5. The number of rotatable bonds is 3. The fourth-order valence-electron chi connectivity index (χ4n) is 3.03. The summed E-state index contributed by atoms with van der Waals surface area (Å²) < 4.78 is 1.84. The molecule has 0 N–H and O–H groups in total. The van der Waals surface area contributed by atoms with Crippen LogP contribution < -0.4 is 0 Å². The zero-order chi connectivity index (χ0) is 15.5. The molecule has 1 aromatic heterocycles. The zero-order valence-corrected chi connectivity index (χ0v) is 12.7. The molecule has 0 unspecified atom stereocenters. The van der Waals surface area contributed by atoms with Crippen LogP contribution in [0.25, 0.3) is 0 Å². The van der Waals surface area contributed by atoms with Crippen molar-refractivity contribution in [1.82, 2.24) is 9.47 Å². The van der Waals surface area contributed by atoms with Gasteiger partial charge in [0.05, 0.1) is 0 Å². The van der Waals surface area contributed by atoms with Crippen molar-refractivity contribution in [3.05, 3.63) is 59.9 Å². The normalized spacial score (nSPS) is 15.8. The Morgan fingerprint density at radius 3 is 2.27 bits per heavy atom. The third-order valence-electron chi connectivity index (χ3n) is 4.37. The Labute approximate surface area is 130 Å². The third kappa shape index (κ3) is 2.82. The van der Waals surface area contributed by atoms with E-state index in [1.54, 1.807) is 0 Å². The van der Waals surface area contributed by atoms with Gasteiger partial charge in [0.25, 0.3) is 5.91 Å². The van der Waals surface area contributed by atoms with Crippen molar-refractivity contribution in [2.75, 3.05) is 13.1 Å². The van der Waals surface area contributed by atoms with E-state index in [-0.39, 0.29) is 17.6 Å². The minimum Gasteiger partial charge on any atom is -0.347 e.